The fourth-order valence-electron chi connectivity index (χ4n) is 4.34. The summed E-state index contributed by atoms with van der Waals surface area (Å²) in [6.07, 6.45) is 3.99. The zero-order valence-electron chi connectivity index (χ0n) is 19.5. The molecule has 0 saturated heterocycles. The number of nitrogens with one attached hydrogen (secondary N) is 1. The highest BCUT2D eigenvalue weighted by molar-refractivity contribution is 6.07. The van der Waals surface area contributed by atoms with E-state index < -0.39 is 17.4 Å². The van der Waals surface area contributed by atoms with E-state index in [1.165, 1.54) is 0 Å². The summed E-state index contributed by atoms with van der Waals surface area (Å²) in [7, 11) is 0. The minimum atomic E-state index is -1.70. The Hall–Kier alpha value is -3.94. The third-order valence-corrected chi connectivity index (χ3v) is 6.25. The van der Waals surface area contributed by atoms with Gasteiger partial charge >= 0.3 is 0 Å². The van der Waals surface area contributed by atoms with E-state index >= 15 is 0 Å². The van der Waals surface area contributed by atoms with Crippen LogP contribution in [0.5, 0.6) is 0 Å². The largest absolute Gasteiger partial charge is 0.399 e. The molecule has 0 saturated carbocycles. The molecule has 2 atom stereocenters. The van der Waals surface area contributed by atoms with Gasteiger partial charge in [-0.05, 0) is 54.4 Å². The molecule has 5 N–H and O–H groups in total. The van der Waals surface area contributed by atoms with Gasteiger partial charge in [0.05, 0.1) is 12.2 Å². The number of nitrogens with two attached hydrogens (primary N) is 1. The number of benzene rings is 3. The van der Waals surface area contributed by atoms with Crippen molar-refractivity contribution in [3.63, 3.8) is 0 Å². The second-order valence-electron chi connectivity index (χ2n) is 8.68. The summed E-state index contributed by atoms with van der Waals surface area (Å²) in [5, 5.41) is 23.5. The van der Waals surface area contributed by atoms with Crippen LogP contribution in [0.25, 0.3) is 0 Å². The lowest BCUT2D eigenvalue weighted by Crippen LogP contribution is -2.44. The monoisotopic (exact) mass is 471 g/mol. The highest BCUT2D eigenvalue weighted by Gasteiger charge is 2.52. The normalized spacial score (nSPS) is 18.0. The van der Waals surface area contributed by atoms with Gasteiger partial charge in [0.15, 0.2) is 5.60 Å². The van der Waals surface area contributed by atoms with Crippen molar-refractivity contribution in [2.75, 3.05) is 22.6 Å². The van der Waals surface area contributed by atoms with Gasteiger partial charge in [0.1, 0.15) is 0 Å². The minimum Gasteiger partial charge on any atom is -0.399 e. The molecule has 0 unspecified atom stereocenters. The molecule has 0 spiro atoms. The summed E-state index contributed by atoms with van der Waals surface area (Å²) in [5.74, 6) is -1.16. The Morgan fingerprint density at radius 3 is 2.60 bits per heavy atom. The molecule has 1 aliphatic heterocycles. The van der Waals surface area contributed by atoms with Crippen LogP contribution < -0.4 is 16.0 Å². The van der Waals surface area contributed by atoms with Crippen molar-refractivity contribution in [3.8, 4) is 0 Å². The second kappa shape index (κ2) is 10.1. The quantitative estimate of drug-likeness (QED) is 0.294. The molecular formula is C28H29N3O4. The molecule has 0 aromatic heterocycles. The van der Waals surface area contributed by atoms with Gasteiger partial charge in [-0.2, -0.15) is 0 Å². The molecule has 7 nitrogen and oxygen atoms in total. The number of hydrogen-bond acceptors (Lipinski definition) is 5. The van der Waals surface area contributed by atoms with E-state index in [0.717, 1.165) is 5.56 Å². The molecule has 0 radical (unpaired) electrons. The van der Waals surface area contributed by atoms with Gasteiger partial charge in [-0.25, -0.2) is 0 Å². The number of aliphatic hydroxyl groups is 2. The van der Waals surface area contributed by atoms with E-state index in [0.29, 0.717) is 34.6 Å². The van der Waals surface area contributed by atoms with Crippen molar-refractivity contribution >= 4 is 28.9 Å². The molecule has 3 aromatic carbocycles. The first-order valence-electron chi connectivity index (χ1n) is 11.5. The number of amides is 2. The third kappa shape index (κ3) is 4.82. The number of carbonyl (C=O) groups excluding carboxylic acids is 2. The third-order valence-electron chi connectivity index (χ3n) is 6.25. The van der Waals surface area contributed by atoms with Crippen LogP contribution in [0.15, 0.2) is 84.9 Å². The van der Waals surface area contributed by atoms with Crippen molar-refractivity contribution in [1.82, 2.24) is 0 Å². The highest BCUT2D eigenvalue weighted by atomic mass is 16.3. The van der Waals surface area contributed by atoms with Gasteiger partial charge in [0.2, 0.25) is 0 Å². The zero-order chi connectivity index (χ0) is 25.0. The first-order chi connectivity index (χ1) is 16.8. The Morgan fingerprint density at radius 2 is 1.86 bits per heavy atom. The molecule has 0 bridgehead atoms. The molecule has 7 heteroatoms. The summed E-state index contributed by atoms with van der Waals surface area (Å²) < 4.78 is 0. The number of aliphatic hydroxyl groups excluding tert-OH is 1. The molecule has 35 heavy (non-hydrogen) atoms. The summed E-state index contributed by atoms with van der Waals surface area (Å²) in [5.41, 5.74) is 7.66. The van der Waals surface area contributed by atoms with Crippen LogP contribution in [0.3, 0.4) is 0 Å². The lowest BCUT2D eigenvalue weighted by atomic mass is 9.83. The van der Waals surface area contributed by atoms with E-state index in [1.807, 2.05) is 30.3 Å². The average molecular weight is 472 g/mol. The van der Waals surface area contributed by atoms with Crippen molar-refractivity contribution in [2.45, 2.75) is 25.5 Å². The Kier molecular flexibility index (Phi) is 7.00. The summed E-state index contributed by atoms with van der Waals surface area (Å²) in [6.45, 7) is 2.03. The Bertz CT molecular complexity index is 1260. The predicted octanol–water partition coefficient (Wildman–Crippen LogP) is 3.83. The number of carbonyl (C=O) groups is 2. The summed E-state index contributed by atoms with van der Waals surface area (Å²) in [4.78, 5) is 27.7. The van der Waals surface area contributed by atoms with Crippen LogP contribution in [0.1, 0.15) is 34.8 Å². The van der Waals surface area contributed by atoms with Crippen molar-refractivity contribution in [3.05, 3.63) is 102 Å². The van der Waals surface area contributed by atoms with Crippen LogP contribution in [0.2, 0.25) is 0 Å². The SMILES string of the molecule is C[C@H](/C=C/CCO)[C@@]1(O)C(=O)N(Cc2cccc(NC(=O)c3ccc(N)cc3)c2)c2ccccc21. The topological polar surface area (TPSA) is 116 Å². The Morgan fingerprint density at radius 1 is 1.11 bits per heavy atom. The number of nitrogens with zero attached hydrogens (tertiary/aromatic N) is 1. The molecular weight excluding hydrogens is 442 g/mol. The van der Waals surface area contributed by atoms with Crippen molar-refractivity contribution in [2.24, 2.45) is 5.92 Å². The van der Waals surface area contributed by atoms with Gasteiger partial charge in [-0.15, -0.1) is 0 Å². The molecule has 0 aliphatic carbocycles. The lowest BCUT2D eigenvalue weighted by molar-refractivity contribution is -0.139. The molecule has 1 heterocycles. The van der Waals surface area contributed by atoms with E-state index in [4.69, 9.17) is 10.8 Å². The molecule has 180 valence electrons. The summed E-state index contributed by atoms with van der Waals surface area (Å²) in [6, 6.07) is 21.2. The molecule has 2 amide bonds. The molecule has 1 aliphatic rings. The number of anilines is 3. The molecule has 4 rings (SSSR count). The maximum atomic E-state index is 13.6. The Labute approximate surface area is 204 Å². The second-order valence-corrected chi connectivity index (χ2v) is 8.68. The van der Waals surface area contributed by atoms with Crippen LogP contribution in [0.4, 0.5) is 17.1 Å². The number of rotatable bonds is 8. The van der Waals surface area contributed by atoms with Gasteiger partial charge < -0.3 is 26.2 Å². The first-order valence-corrected chi connectivity index (χ1v) is 11.5. The predicted molar refractivity (Wildman–Crippen MR) is 137 cm³/mol. The van der Waals surface area contributed by atoms with Crippen LogP contribution in [-0.2, 0) is 16.9 Å². The number of hydrogen-bond donors (Lipinski definition) is 4. The number of nitrogen functional groups attached to an aromatic ring is 1. The van der Waals surface area contributed by atoms with E-state index in [2.05, 4.69) is 5.32 Å². The highest BCUT2D eigenvalue weighted by Crippen LogP contribution is 2.45. The smallest absolute Gasteiger partial charge is 0.264 e. The lowest BCUT2D eigenvalue weighted by Gasteiger charge is -2.27. The van der Waals surface area contributed by atoms with Crippen LogP contribution >= 0.6 is 0 Å². The standard InChI is InChI=1S/C28H29N3O4/c1-19(7-4-5-16-32)28(35)24-10-2-3-11-25(24)31(27(28)34)18-20-8-6-9-23(17-20)30-26(33)21-12-14-22(29)15-13-21/h2-4,6-15,17,19,32,35H,5,16,18,29H2,1H3,(H,30,33)/b7-4+/t19-,28+/m1/s1. The van der Waals surface area contributed by atoms with Crippen molar-refractivity contribution < 1.29 is 19.8 Å². The van der Waals surface area contributed by atoms with Gasteiger partial charge in [-0.3, -0.25) is 9.59 Å². The minimum absolute atomic E-state index is 0.00349. The fourth-order valence-corrected chi connectivity index (χ4v) is 4.34. The molecule has 0 fully saturated rings. The number of fused-ring (bicyclic) bond motifs is 1. The van der Waals surface area contributed by atoms with Crippen molar-refractivity contribution in [1.29, 1.82) is 0 Å². The van der Waals surface area contributed by atoms with Crippen LogP contribution in [0, 0.1) is 5.92 Å². The van der Waals surface area contributed by atoms with E-state index in [1.54, 1.807) is 66.4 Å². The van der Waals surface area contributed by atoms with Gasteiger partial charge in [-0.1, -0.05) is 49.4 Å². The van der Waals surface area contributed by atoms with Gasteiger partial charge in [0, 0.05) is 35.0 Å². The maximum Gasteiger partial charge on any atom is 0.264 e. The van der Waals surface area contributed by atoms with Crippen LogP contribution in [-0.4, -0.2) is 28.6 Å². The van der Waals surface area contributed by atoms with Gasteiger partial charge in [0.25, 0.3) is 11.8 Å². The maximum absolute atomic E-state index is 13.6. The Balaban J connectivity index is 1.57. The fraction of sp³-hybridized carbons (Fsp3) is 0.214. The first kappa shape index (κ1) is 24.2. The van der Waals surface area contributed by atoms with E-state index in [9.17, 15) is 14.7 Å². The number of para-hydroxylation sites is 1. The van der Waals surface area contributed by atoms with E-state index in [-0.39, 0.29) is 19.1 Å². The zero-order valence-corrected chi connectivity index (χ0v) is 19.5. The summed E-state index contributed by atoms with van der Waals surface area (Å²) >= 11 is 0. The average Bonchev–Trinajstić information content (AvgIpc) is 3.07. The molecule has 3 aromatic rings.